The van der Waals surface area contributed by atoms with Crippen LogP contribution in [0.25, 0.3) is 0 Å². The van der Waals surface area contributed by atoms with E-state index < -0.39 is 0 Å². The summed E-state index contributed by atoms with van der Waals surface area (Å²) in [6.07, 6.45) is 4.90. The third-order valence-electron chi connectivity index (χ3n) is 2.60. The Balaban J connectivity index is 3.82. The molecule has 0 aromatic rings. The first kappa shape index (κ1) is 12.9. The van der Waals surface area contributed by atoms with Crippen molar-refractivity contribution < 1.29 is 4.74 Å². The van der Waals surface area contributed by atoms with E-state index in [1.165, 1.54) is 19.3 Å². The van der Waals surface area contributed by atoms with Crippen molar-refractivity contribution in [3.05, 3.63) is 0 Å². The van der Waals surface area contributed by atoms with Crippen LogP contribution < -0.4 is 5.32 Å². The van der Waals surface area contributed by atoms with Gasteiger partial charge in [0.15, 0.2) is 0 Å². The van der Waals surface area contributed by atoms with Gasteiger partial charge >= 0.3 is 0 Å². The molecule has 0 spiro atoms. The van der Waals surface area contributed by atoms with Crippen molar-refractivity contribution in [3.8, 4) is 0 Å². The molecule has 0 saturated carbocycles. The molecule has 0 heterocycles. The zero-order chi connectivity index (χ0) is 10.3. The van der Waals surface area contributed by atoms with Crippen LogP contribution in [-0.2, 0) is 4.74 Å². The van der Waals surface area contributed by atoms with Gasteiger partial charge in [-0.2, -0.15) is 0 Å². The summed E-state index contributed by atoms with van der Waals surface area (Å²) in [4.78, 5) is 0. The highest BCUT2D eigenvalue weighted by Gasteiger charge is 2.21. The van der Waals surface area contributed by atoms with Gasteiger partial charge in [0.25, 0.3) is 0 Å². The van der Waals surface area contributed by atoms with E-state index in [1.54, 1.807) is 7.11 Å². The maximum absolute atomic E-state index is 5.41. The number of unbranched alkanes of at least 4 members (excludes halogenated alkanes) is 1. The van der Waals surface area contributed by atoms with E-state index >= 15 is 0 Å². The molecule has 0 bridgehead atoms. The summed E-state index contributed by atoms with van der Waals surface area (Å²) in [6.45, 7) is 6.51. The van der Waals surface area contributed by atoms with Gasteiger partial charge in [0.2, 0.25) is 0 Å². The molecule has 13 heavy (non-hydrogen) atoms. The molecule has 0 aromatic carbocycles. The van der Waals surface area contributed by atoms with E-state index in [-0.39, 0.29) is 5.60 Å². The SMILES string of the molecule is CCCCC(CC(C)(C)OC)NC. The van der Waals surface area contributed by atoms with Crippen molar-refractivity contribution in [1.29, 1.82) is 0 Å². The van der Waals surface area contributed by atoms with Gasteiger partial charge in [-0.1, -0.05) is 19.8 Å². The molecule has 0 amide bonds. The normalized spacial score (nSPS) is 14.5. The van der Waals surface area contributed by atoms with Gasteiger partial charge in [-0.3, -0.25) is 0 Å². The molecule has 0 aromatic heterocycles. The van der Waals surface area contributed by atoms with Crippen LogP contribution in [0.15, 0.2) is 0 Å². The van der Waals surface area contributed by atoms with Crippen molar-refractivity contribution >= 4 is 0 Å². The molecule has 2 heteroatoms. The van der Waals surface area contributed by atoms with Crippen molar-refractivity contribution in [2.45, 2.75) is 58.1 Å². The first-order valence-corrected chi connectivity index (χ1v) is 5.28. The maximum atomic E-state index is 5.41. The van der Waals surface area contributed by atoms with E-state index in [2.05, 4.69) is 26.1 Å². The van der Waals surface area contributed by atoms with Gasteiger partial charge in [-0.15, -0.1) is 0 Å². The van der Waals surface area contributed by atoms with Gasteiger partial charge in [0, 0.05) is 13.2 Å². The summed E-state index contributed by atoms with van der Waals surface area (Å²) in [6, 6.07) is 0.592. The molecule has 0 aliphatic heterocycles. The highest BCUT2D eigenvalue weighted by Crippen LogP contribution is 2.18. The highest BCUT2D eigenvalue weighted by molar-refractivity contribution is 4.77. The molecule has 0 fully saturated rings. The van der Waals surface area contributed by atoms with Crippen molar-refractivity contribution in [3.63, 3.8) is 0 Å². The summed E-state index contributed by atoms with van der Waals surface area (Å²) in [5.41, 5.74) is 0.00141. The van der Waals surface area contributed by atoms with Crippen molar-refractivity contribution in [1.82, 2.24) is 5.32 Å². The summed E-state index contributed by atoms with van der Waals surface area (Å²) in [5.74, 6) is 0. The topological polar surface area (TPSA) is 21.3 Å². The molecule has 0 aliphatic rings. The number of hydrogen-bond acceptors (Lipinski definition) is 2. The third kappa shape index (κ3) is 6.05. The van der Waals surface area contributed by atoms with E-state index in [9.17, 15) is 0 Å². The Morgan fingerprint density at radius 2 is 2.00 bits per heavy atom. The summed E-state index contributed by atoms with van der Waals surface area (Å²) in [5, 5.41) is 3.35. The average molecular weight is 187 g/mol. The Morgan fingerprint density at radius 3 is 2.38 bits per heavy atom. The van der Waals surface area contributed by atoms with Crippen LogP contribution in [-0.4, -0.2) is 25.8 Å². The number of hydrogen-bond donors (Lipinski definition) is 1. The van der Waals surface area contributed by atoms with Crippen molar-refractivity contribution in [2.24, 2.45) is 0 Å². The summed E-state index contributed by atoms with van der Waals surface area (Å²) in [7, 11) is 3.82. The minimum absolute atomic E-state index is 0.00141. The van der Waals surface area contributed by atoms with E-state index in [4.69, 9.17) is 4.74 Å². The second-order valence-electron chi connectivity index (χ2n) is 4.30. The maximum Gasteiger partial charge on any atom is 0.0637 e. The Kier molecular flexibility index (Phi) is 6.35. The lowest BCUT2D eigenvalue weighted by atomic mass is 9.95. The predicted octanol–water partition coefficient (Wildman–Crippen LogP) is 2.58. The van der Waals surface area contributed by atoms with Gasteiger partial charge in [0.05, 0.1) is 5.60 Å². The number of rotatable bonds is 7. The van der Waals surface area contributed by atoms with Crippen molar-refractivity contribution in [2.75, 3.05) is 14.2 Å². The zero-order valence-corrected chi connectivity index (χ0v) is 9.81. The average Bonchev–Trinajstić information content (AvgIpc) is 2.12. The molecule has 1 unspecified atom stereocenters. The fraction of sp³-hybridized carbons (Fsp3) is 1.00. The molecule has 0 radical (unpaired) electrons. The van der Waals surface area contributed by atoms with E-state index in [0.29, 0.717) is 6.04 Å². The Hall–Kier alpha value is -0.0800. The lowest BCUT2D eigenvalue weighted by Gasteiger charge is -2.28. The molecule has 1 N–H and O–H groups in total. The smallest absolute Gasteiger partial charge is 0.0637 e. The second kappa shape index (κ2) is 6.39. The van der Waals surface area contributed by atoms with Crippen LogP contribution in [0.2, 0.25) is 0 Å². The van der Waals surface area contributed by atoms with E-state index in [1.807, 2.05) is 7.05 Å². The third-order valence-corrected chi connectivity index (χ3v) is 2.60. The second-order valence-corrected chi connectivity index (χ2v) is 4.30. The highest BCUT2D eigenvalue weighted by atomic mass is 16.5. The molecule has 0 aliphatic carbocycles. The van der Waals surface area contributed by atoms with Crippen LogP contribution in [0.3, 0.4) is 0 Å². The molecule has 80 valence electrons. The standard InChI is InChI=1S/C11H25NO/c1-6-7-8-10(12-4)9-11(2,3)13-5/h10,12H,6-9H2,1-5H3. The quantitative estimate of drug-likeness (QED) is 0.661. The molecule has 0 rings (SSSR count). The molecular weight excluding hydrogens is 162 g/mol. The van der Waals surface area contributed by atoms with Crippen LogP contribution >= 0.6 is 0 Å². The molecule has 1 atom stereocenters. The minimum atomic E-state index is 0.00141. The minimum Gasteiger partial charge on any atom is -0.379 e. The molecule has 0 saturated heterocycles. The van der Waals surface area contributed by atoms with Gasteiger partial charge < -0.3 is 10.1 Å². The zero-order valence-electron chi connectivity index (χ0n) is 9.81. The summed E-state index contributed by atoms with van der Waals surface area (Å²) >= 11 is 0. The fourth-order valence-corrected chi connectivity index (χ4v) is 1.48. The first-order valence-electron chi connectivity index (χ1n) is 5.28. The fourth-order valence-electron chi connectivity index (χ4n) is 1.48. The predicted molar refractivity (Wildman–Crippen MR) is 58.1 cm³/mol. The Bertz CT molecular complexity index is 123. The monoisotopic (exact) mass is 187 g/mol. The van der Waals surface area contributed by atoms with Crippen LogP contribution in [0.1, 0.15) is 46.5 Å². The van der Waals surface area contributed by atoms with Crippen LogP contribution in [0.4, 0.5) is 0 Å². The largest absolute Gasteiger partial charge is 0.379 e. The van der Waals surface area contributed by atoms with Crippen LogP contribution in [0, 0.1) is 0 Å². The lowest BCUT2D eigenvalue weighted by molar-refractivity contribution is 0.00685. The van der Waals surface area contributed by atoms with E-state index in [0.717, 1.165) is 6.42 Å². The van der Waals surface area contributed by atoms with Gasteiger partial charge in [-0.05, 0) is 33.7 Å². The van der Waals surface area contributed by atoms with Gasteiger partial charge in [-0.25, -0.2) is 0 Å². The number of methoxy groups -OCH3 is 1. The molecule has 2 nitrogen and oxygen atoms in total. The summed E-state index contributed by atoms with van der Waals surface area (Å²) < 4.78 is 5.41. The lowest BCUT2D eigenvalue weighted by Crippen LogP contribution is -2.35. The molecular formula is C11H25NO. The Labute approximate surface area is 83.1 Å². The first-order chi connectivity index (χ1) is 6.05. The van der Waals surface area contributed by atoms with Gasteiger partial charge in [0.1, 0.15) is 0 Å². The Morgan fingerprint density at radius 1 is 1.38 bits per heavy atom. The number of ether oxygens (including phenoxy) is 1. The van der Waals surface area contributed by atoms with Crippen LogP contribution in [0.5, 0.6) is 0 Å². The number of nitrogens with one attached hydrogen (secondary N) is 1.